The van der Waals surface area contributed by atoms with Crippen molar-refractivity contribution in [2.75, 3.05) is 32.7 Å². The van der Waals surface area contributed by atoms with Crippen LogP contribution in [-0.2, 0) is 0 Å². The lowest BCUT2D eigenvalue weighted by Gasteiger charge is -2.38. The fraction of sp³-hybridized carbons (Fsp3) is 0.583. The number of piperazine rings is 1. The lowest BCUT2D eigenvalue weighted by Crippen LogP contribution is -2.51. The number of H-pyrrole nitrogens is 1. The summed E-state index contributed by atoms with van der Waals surface area (Å²) in [6, 6.07) is 8.68. The lowest BCUT2D eigenvalue weighted by molar-refractivity contribution is 0.0573. The molecule has 5 rings (SSSR count). The minimum atomic E-state index is 0.0621. The Hall–Kier alpha value is -2.34. The van der Waals surface area contributed by atoms with Crippen molar-refractivity contribution in [3.63, 3.8) is 0 Å². The van der Waals surface area contributed by atoms with Crippen LogP contribution in [0.15, 0.2) is 24.3 Å². The Kier molecular flexibility index (Phi) is 5.27. The summed E-state index contributed by atoms with van der Waals surface area (Å²) in [5.74, 6) is 0.164. The SMILES string of the molecule is CC1CCCN1C(=O)c1cc2cc(C(=O)N3CCN(C4CCCC4)CC3)ccc2[nH]1. The smallest absolute Gasteiger partial charge is 0.270 e. The van der Waals surface area contributed by atoms with E-state index in [0.29, 0.717) is 17.3 Å². The van der Waals surface area contributed by atoms with Gasteiger partial charge in [-0.2, -0.15) is 0 Å². The summed E-state index contributed by atoms with van der Waals surface area (Å²) in [4.78, 5) is 35.7. The predicted molar refractivity (Wildman–Crippen MR) is 118 cm³/mol. The molecule has 160 valence electrons. The number of fused-ring (bicyclic) bond motifs is 1. The first-order valence-corrected chi connectivity index (χ1v) is 11.6. The maximum Gasteiger partial charge on any atom is 0.270 e. The van der Waals surface area contributed by atoms with Crippen molar-refractivity contribution >= 4 is 22.7 Å². The first kappa shape index (κ1) is 19.6. The molecular weight excluding hydrogens is 376 g/mol. The molecule has 1 N–H and O–H groups in total. The number of hydrogen-bond donors (Lipinski definition) is 1. The number of benzene rings is 1. The van der Waals surface area contributed by atoms with Crippen LogP contribution >= 0.6 is 0 Å². The minimum absolute atomic E-state index is 0.0621. The quantitative estimate of drug-likeness (QED) is 0.846. The molecule has 0 spiro atoms. The van der Waals surface area contributed by atoms with Crippen LogP contribution in [0.4, 0.5) is 0 Å². The zero-order valence-electron chi connectivity index (χ0n) is 17.9. The van der Waals surface area contributed by atoms with E-state index in [1.54, 1.807) is 0 Å². The Morgan fingerprint density at radius 3 is 2.37 bits per heavy atom. The summed E-state index contributed by atoms with van der Waals surface area (Å²) in [6.07, 6.45) is 7.46. The third-order valence-corrected chi connectivity index (χ3v) is 7.35. The van der Waals surface area contributed by atoms with E-state index in [1.807, 2.05) is 34.1 Å². The zero-order valence-corrected chi connectivity index (χ0v) is 17.9. The summed E-state index contributed by atoms with van der Waals surface area (Å²) in [6.45, 7) is 6.50. The summed E-state index contributed by atoms with van der Waals surface area (Å²) in [5.41, 5.74) is 2.24. The minimum Gasteiger partial charge on any atom is -0.351 e. The first-order valence-electron chi connectivity index (χ1n) is 11.6. The second-order valence-electron chi connectivity index (χ2n) is 9.24. The molecule has 2 aliphatic heterocycles. The first-order chi connectivity index (χ1) is 14.6. The van der Waals surface area contributed by atoms with E-state index in [4.69, 9.17) is 0 Å². The number of likely N-dealkylation sites (tertiary alicyclic amines) is 1. The average molecular weight is 409 g/mol. The maximum atomic E-state index is 13.1. The summed E-state index contributed by atoms with van der Waals surface area (Å²) in [5, 5.41) is 0.931. The van der Waals surface area contributed by atoms with Gasteiger partial charge in [-0.25, -0.2) is 0 Å². The van der Waals surface area contributed by atoms with E-state index < -0.39 is 0 Å². The van der Waals surface area contributed by atoms with Crippen molar-refractivity contribution < 1.29 is 9.59 Å². The molecule has 6 heteroatoms. The van der Waals surface area contributed by atoms with E-state index >= 15 is 0 Å². The highest BCUT2D eigenvalue weighted by Gasteiger charge is 2.29. The van der Waals surface area contributed by atoms with Crippen LogP contribution in [0.25, 0.3) is 10.9 Å². The van der Waals surface area contributed by atoms with Crippen molar-refractivity contribution in [2.24, 2.45) is 0 Å². The average Bonchev–Trinajstić information content (AvgIpc) is 3.52. The molecule has 1 aromatic carbocycles. The standard InChI is InChI=1S/C24H32N4O2/c1-17-5-4-10-28(17)24(30)22-16-19-15-18(8-9-21(19)25-22)23(29)27-13-11-26(12-14-27)20-6-2-3-7-20/h8-9,15-17,20,25H,2-7,10-14H2,1H3. The molecular formula is C24H32N4O2. The Balaban J connectivity index is 1.28. The number of hydrogen-bond acceptors (Lipinski definition) is 3. The highest BCUT2D eigenvalue weighted by molar-refractivity contribution is 6.02. The van der Waals surface area contributed by atoms with Crippen LogP contribution < -0.4 is 0 Å². The second-order valence-corrected chi connectivity index (χ2v) is 9.24. The van der Waals surface area contributed by atoms with Gasteiger partial charge in [0.2, 0.25) is 0 Å². The third kappa shape index (κ3) is 3.62. The maximum absolute atomic E-state index is 13.1. The highest BCUT2D eigenvalue weighted by atomic mass is 16.2. The number of carbonyl (C=O) groups is 2. The highest BCUT2D eigenvalue weighted by Crippen LogP contribution is 2.26. The van der Waals surface area contributed by atoms with Crippen molar-refractivity contribution in [1.82, 2.24) is 19.7 Å². The van der Waals surface area contributed by atoms with Crippen molar-refractivity contribution in [1.29, 1.82) is 0 Å². The fourth-order valence-electron chi connectivity index (χ4n) is 5.51. The molecule has 2 aromatic rings. The van der Waals surface area contributed by atoms with Crippen molar-refractivity contribution in [2.45, 2.75) is 57.5 Å². The number of aromatic nitrogens is 1. The Labute approximate surface area is 178 Å². The molecule has 30 heavy (non-hydrogen) atoms. The van der Waals surface area contributed by atoms with Crippen molar-refractivity contribution in [3.05, 3.63) is 35.5 Å². The molecule has 1 saturated carbocycles. The van der Waals surface area contributed by atoms with Crippen LogP contribution in [0.3, 0.4) is 0 Å². The Morgan fingerprint density at radius 1 is 0.900 bits per heavy atom. The van der Waals surface area contributed by atoms with E-state index in [0.717, 1.165) is 62.5 Å². The number of amides is 2. The summed E-state index contributed by atoms with van der Waals surface area (Å²) >= 11 is 0. The van der Waals surface area contributed by atoms with Gasteiger partial charge in [-0.05, 0) is 56.9 Å². The molecule has 1 unspecified atom stereocenters. The van der Waals surface area contributed by atoms with E-state index in [-0.39, 0.29) is 11.8 Å². The van der Waals surface area contributed by atoms with Crippen LogP contribution in [0.2, 0.25) is 0 Å². The largest absolute Gasteiger partial charge is 0.351 e. The number of rotatable bonds is 3. The van der Waals surface area contributed by atoms with E-state index in [2.05, 4.69) is 16.8 Å². The molecule has 3 aliphatic rings. The van der Waals surface area contributed by atoms with Gasteiger partial charge in [-0.1, -0.05) is 12.8 Å². The topological polar surface area (TPSA) is 59.7 Å². The lowest BCUT2D eigenvalue weighted by atomic mass is 10.1. The van der Waals surface area contributed by atoms with Gasteiger partial charge in [0.15, 0.2) is 0 Å². The molecule has 0 bridgehead atoms. The van der Waals surface area contributed by atoms with Gasteiger partial charge >= 0.3 is 0 Å². The Morgan fingerprint density at radius 2 is 1.67 bits per heavy atom. The predicted octanol–water partition coefficient (Wildman–Crippen LogP) is 3.49. The van der Waals surface area contributed by atoms with Gasteiger partial charge in [0.05, 0.1) is 0 Å². The summed E-state index contributed by atoms with van der Waals surface area (Å²) in [7, 11) is 0. The van der Waals surface area contributed by atoms with Crippen molar-refractivity contribution in [3.8, 4) is 0 Å². The van der Waals surface area contributed by atoms with E-state index in [9.17, 15) is 9.59 Å². The van der Waals surface area contributed by atoms with Gasteiger partial charge in [-0.15, -0.1) is 0 Å². The number of nitrogens with zero attached hydrogens (tertiary/aromatic N) is 3. The number of carbonyl (C=O) groups excluding carboxylic acids is 2. The normalized spacial score (nSPS) is 23.6. The van der Waals surface area contributed by atoms with Crippen LogP contribution in [-0.4, -0.2) is 76.3 Å². The number of aromatic amines is 1. The molecule has 3 fully saturated rings. The number of nitrogens with one attached hydrogen (secondary N) is 1. The molecule has 2 amide bonds. The summed E-state index contributed by atoms with van der Waals surface area (Å²) < 4.78 is 0. The fourth-order valence-corrected chi connectivity index (χ4v) is 5.51. The molecule has 0 radical (unpaired) electrons. The van der Waals surface area contributed by atoms with Crippen LogP contribution in [0.1, 0.15) is 66.3 Å². The molecule has 3 heterocycles. The zero-order chi connectivity index (χ0) is 20.7. The molecule has 1 aliphatic carbocycles. The second kappa shape index (κ2) is 8.06. The third-order valence-electron chi connectivity index (χ3n) is 7.35. The van der Waals surface area contributed by atoms with Gasteiger partial charge in [0.25, 0.3) is 11.8 Å². The molecule has 6 nitrogen and oxygen atoms in total. The molecule has 1 aromatic heterocycles. The van der Waals surface area contributed by atoms with Crippen LogP contribution in [0, 0.1) is 0 Å². The van der Waals surface area contributed by atoms with E-state index in [1.165, 1.54) is 25.7 Å². The monoisotopic (exact) mass is 408 g/mol. The van der Waals surface area contributed by atoms with Gasteiger partial charge in [-0.3, -0.25) is 14.5 Å². The Bertz CT molecular complexity index is 938. The van der Waals surface area contributed by atoms with Crippen LogP contribution in [0.5, 0.6) is 0 Å². The molecule has 1 atom stereocenters. The molecule has 2 saturated heterocycles. The van der Waals surface area contributed by atoms with Gasteiger partial charge in [0, 0.05) is 61.3 Å². The van der Waals surface area contributed by atoms with Gasteiger partial charge < -0.3 is 14.8 Å². The van der Waals surface area contributed by atoms with Gasteiger partial charge in [0.1, 0.15) is 5.69 Å².